The number of pyridine rings is 1. The van der Waals surface area contributed by atoms with Crippen LogP contribution >= 0.6 is 11.6 Å². The van der Waals surface area contributed by atoms with E-state index in [0.29, 0.717) is 22.0 Å². The fraction of sp³-hybridized carbons (Fsp3) is 0.333. The number of primary amides is 1. The Balaban J connectivity index is 1.76. The molecular formula is C24H28ClN5O2. The summed E-state index contributed by atoms with van der Waals surface area (Å²) in [5, 5.41) is 13.1. The monoisotopic (exact) mass is 453 g/mol. The minimum absolute atomic E-state index is 0.395. The number of aliphatic hydroxyl groups is 1. The first kappa shape index (κ1) is 22.3. The zero-order valence-electron chi connectivity index (χ0n) is 18.3. The van der Waals surface area contributed by atoms with Crippen molar-refractivity contribution in [3.8, 4) is 16.8 Å². The van der Waals surface area contributed by atoms with Crippen molar-refractivity contribution in [2.45, 2.75) is 39.5 Å². The van der Waals surface area contributed by atoms with E-state index in [0.717, 1.165) is 42.0 Å². The molecule has 1 atom stereocenters. The van der Waals surface area contributed by atoms with Gasteiger partial charge in [-0.2, -0.15) is 0 Å². The molecule has 8 heteroatoms. The molecule has 0 saturated carbocycles. The lowest BCUT2D eigenvalue weighted by atomic mass is 10.0. The third-order valence-electron chi connectivity index (χ3n) is 5.73. The molecule has 1 aliphatic rings. The minimum atomic E-state index is -0.739. The molecule has 1 saturated heterocycles. The van der Waals surface area contributed by atoms with E-state index in [4.69, 9.17) is 17.3 Å². The van der Waals surface area contributed by atoms with Gasteiger partial charge in [0.15, 0.2) is 0 Å². The number of aromatic nitrogens is 2. The van der Waals surface area contributed by atoms with E-state index in [-0.39, 0.29) is 0 Å². The van der Waals surface area contributed by atoms with Crippen LogP contribution in [0, 0.1) is 6.92 Å². The summed E-state index contributed by atoms with van der Waals surface area (Å²) in [4.78, 5) is 19.0. The lowest BCUT2D eigenvalue weighted by molar-refractivity contribution is 0.100. The van der Waals surface area contributed by atoms with Crippen LogP contribution in [0.4, 0.5) is 5.82 Å². The largest absolute Gasteiger partial charge is 0.374 e. The number of benzene rings is 1. The molecule has 0 bridgehead atoms. The third-order valence-corrected chi connectivity index (χ3v) is 6.06. The standard InChI is InChI=1S/C24H28ClN5O2/c1-15-11-27-23(28-16(2)31)10-22(15)30-13-19(20(14-30)24(26)32)18-9-17(5-6-21(18)25)12-29-7-3-4-8-29/h5-6,9-11,13-14,16,31H,3-4,7-8,12H2,1-2H3,(H2,26,32)(H,27,28). The van der Waals surface area contributed by atoms with Gasteiger partial charge in [-0.25, -0.2) is 4.98 Å². The van der Waals surface area contributed by atoms with Gasteiger partial charge in [-0.1, -0.05) is 17.7 Å². The quantitative estimate of drug-likeness (QED) is 0.471. The summed E-state index contributed by atoms with van der Waals surface area (Å²) in [6, 6.07) is 7.79. The van der Waals surface area contributed by atoms with Gasteiger partial charge in [0.25, 0.3) is 5.91 Å². The van der Waals surface area contributed by atoms with Crippen LogP contribution in [0.3, 0.4) is 0 Å². The summed E-state index contributed by atoms with van der Waals surface area (Å²) in [5.74, 6) is 0.0101. The molecule has 3 aromatic rings. The number of halogens is 1. The number of hydrogen-bond donors (Lipinski definition) is 3. The molecule has 1 aromatic carbocycles. The molecule has 7 nitrogen and oxygen atoms in total. The van der Waals surface area contributed by atoms with E-state index in [9.17, 15) is 9.90 Å². The number of nitrogens with two attached hydrogens (primary N) is 1. The molecular weight excluding hydrogens is 426 g/mol. The van der Waals surface area contributed by atoms with Crippen LogP contribution in [0.15, 0.2) is 42.9 Å². The molecule has 1 aliphatic heterocycles. The van der Waals surface area contributed by atoms with Gasteiger partial charge in [0, 0.05) is 47.4 Å². The number of nitrogens with zero attached hydrogens (tertiary/aromatic N) is 3. The van der Waals surface area contributed by atoms with Gasteiger partial charge in [0.2, 0.25) is 0 Å². The summed E-state index contributed by atoms with van der Waals surface area (Å²) in [6.45, 7) is 6.61. The van der Waals surface area contributed by atoms with Crippen molar-refractivity contribution in [2.75, 3.05) is 18.4 Å². The van der Waals surface area contributed by atoms with E-state index in [2.05, 4.69) is 15.2 Å². The Bertz CT molecular complexity index is 1140. The fourth-order valence-corrected chi connectivity index (χ4v) is 4.38. The number of amides is 1. The number of rotatable bonds is 7. The van der Waals surface area contributed by atoms with Crippen LogP contribution in [0.2, 0.25) is 5.02 Å². The summed E-state index contributed by atoms with van der Waals surface area (Å²) < 4.78 is 1.85. The van der Waals surface area contributed by atoms with Gasteiger partial charge < -0.3 is 20.7 Å². The smallest absolute Gasteiger partial charge is 0.250 e. The third kappa shape index (κ3) is 4.80. The fourth-order valence-electron chi connectivity index (χ4n) is 4.16. The van der Waals surface area contributed by atoms with Gasteiger partial charge in [0.1, 0.15) is 12.0 Å². The molecule has 4 rings (SSSR count). The minimum Gasteiger partial charge on any atom is -0.374 e. The van der Waals surface area contributed by atoms with Crippen LogP contribution in [0.5, 0.6) is 0 Å². The molecule has 1 fully saturated rings. The molecule has 168 valence electrons. The van der Waals surface area contributed by atoms with Crippen LogP contribution in [0.25, 0.3) is 16.8 Å². The van der Waals surface area contributed by atoms with Crippen LogP contribution in [-0.4, -0.2) is 44.8 Å². The first-order chi connectivity index (χ1) is 15.3. The molecule has 3 heterocycles. The predicted molar refractivity (Wildman–Crippen MR) is 127 cm³/mol. The van der Waals surface area contributed by atoms with E-state index in [1.807, 2.05) is 42.0 Å². The van der Waals surface area contributed by atoms with E-state index < -0.39 is 12.1 Å². The lowest BCUT2D eigenvalue weighted by Crippen LogP contribution is -2.18. The molecule has 0 radical (unpaired) electrons. The van der Waals surface area contributed by atoms with Gasteiger partial charge in [0.05, 0.1) is 11.3 Å². The number of anilines is 1. The van der Waals surface area contributed by atoms with Gasteiger partial charge in [-0.05, 0) is 63.0 Å². The van der Waals surface area contributed by atoms with Gasteiger partial charge in [-0.3, -0.25) is 9.69 Å². The van der Waals surface area contributed by atoms with Crippen molar-refractivity contribution in [3.63, 3.8) is 0 Å². The molecule has 4 N–H and O–H groups in total. The van der Waals surface area contributed by atoms with Crippen molar-refractivity contribution in [3.05, 3.63) is 64.6 Å². The number of hydrogen-bond acceptors (Lipinski definition) is 5. The van der Waals surface area contributed by atoms with E-state index >= 15 is 0 Å². The Kier molecular flexibility index (Phi) is 6.50. The highest BCUT2D eigenvalue weighted by Crippen LogP contribution is 2.34. The Morgan fingerprint density at radius 3 is 2.69 bits per heavy atom. The second-order valence-corrected chi connectivity index (χ2v) is 8.74. The molecule has 0 spiro atoms. The van der Waals surface area contributed by atoms with Crippen molar-refractivity contribution in [2.24, 2.45) is 5.73 Å². The Hall–Kier alpha value is -2.87. The normalized spacial score (nSPS) is 15.1. The second kappa shape index (κ2) is 9.32. The first-order valence-corrected chi connectivity index (χ1v) is 11.1. The van der Waals surface area contributed by atoms with Crippen molar-refractivity contribution in [1.82, 2.24) is 14.5 Å². The van der Waals surface area contributed by atoms with Crippen LogP contribution < -0.4 is 11.1 Å². The SMILES string of the molecule is Cc1cnc(NC(C)O)cc1-n1cc(C(N)=O)c(-c2cc(CN3CCCC3)ccc2Cl)c1. The first-order valence-electron chi connectivity index (χ1n) is 10.8. The molecule has 1 amide bonds. The van der Waals surface area contributed by atoms with Crippen molar-refractivity contribution < 1.29 is 9.90 Å². The second-order valence-electron chi connectivity index (χ2n) is 8.33. The summed E-state index contributed by atoms with van der Waals surface area (Å²) in [7, 11) is 0. The van der Waals surface area contributed by atoms with Crippen LogP contribution in [-0.2, 0) is 6.54 Å². The topological polar surface area (TPSA) is 96.4 Å². The summed E-state index contributed by atoms with van der Waals surface area (Å²) in [6.07, 6.45) is 7.02. The Morgan fingerprint density at radius 1 is 1.25 bits per heavy atom. The summed E-state index contributed by atoms with van der Waals surface area (Å²) >= 11 is 6.57. The van der Waals surface area contributed by atoms with Gasteiger partial charge >= 0.3 is 0 Å². The number of aliphatic hydroxyl groups excluding tert-OH is 1. The summed E-state index contributed by atoms with van der Waals surface area (Å²) in [5.41, 5.74) is 10.5. The predicted octanol–water partition coefficient (Wildman–Crippen LogP) is 3.95. The molecule has 1 unspecified atom stereocenters. The van der Waals surface area contributed by atoms with E-state index in [1.54, 1.807) is 19.3 Å². The van der Waals surface area contributed by atoms with Gasteiger partial charge in [-0.15, -0.1) is 0 Å². The zero-order valence-corrected chi connectivity index (χ0v) is 19.1. The number of carbonyl (C=O) groups is 1. The maximum Gasteiger partial charge on any atom is 0.250 e. The van der Waals surface area contributed by atoms with Crippen molar-refractivity contribution in [1.29, 1.82) is 0 Å². The molecule has 32 heavy (non-hydrogen) atoms. The Labute approximate surface area is 192 Å². The highest BCUT2D eigenvalue weighted by atomic mass is 35.5. The van der Waals surface area contributed by atoms with Crippen LogP contribution in [0.1, 0.15) is 41.3 Å². The Morgan fingerprint density at radius 2 is 2.00 bits per heavy atom. The molecule has 2 aromatic heterocycles. The number of nitrogens with one attached hydrogen (secondary N) is 1. The zero-order chi connectivity index (χ0) is 22.8. The maximum absolute atomic E-state index is 12.3. The average Bonchev–Trinajstić information content (AvgIpc) is 3.40. The highest BCUT2D eigenvalue weighted by Gasteiger charge is 2.19. The molecule has 0 aliphatic carbocycles. The van der Waals surface area contributed by atoms with E-state index in [1.165, 1.54) is 12.8 Å². The number of aryl methyl sites for hydroxylation is 1. The average molecular weight is 454 g/mol. The number of likely N-dealkylation sites (tertiary alicyclic amines) is 1. The highest BCUT2D eigenvalue weighted by molar-refractivity contribution is 6.33. The lowest BCUT2D eigenvalue weighted by Gasteiger charge is -2.16. The number of carbonyl (C=O) groups excluding carboxylic acids is 1. The van der Waals surface area contributed by atoms with Crippen molar-refractivity contribution >= 4 is 23.3 Å². The maximum atomic E-state index is 12.3.